The van der Waals surface area contributed by atoms with Crippen LogP contribution >= 0.6 is 15.9 Å². The molecule has 21 heavy (non-hydrogen) atoms. The smallest absolute Gasteiger partial charge is 0.275 e. The lowest BCUT2D eigenvalue weighted by molar-refractivity contribution is 0.102. The van der Waals surface area contributed by atoms with Gasteiger partial charge in [-0.2, -0.15) is 0 Å². The Morgan fingerprint density at radius 3 is 2.71 bits per heavy atom. The van der Waals surface area contributed by atoms with Gasteiger partial charge in [-0.3, -0.25) is 4.79 Å². The minimum atomic E-state index is -0.283. The second-order valence-electron chi connectivity index (χ2n) is 4.50. The first-order valence-corrected chi connectivity index (χ1v) is 7.62. The summed E-state index contributed by atoms with van der Waals surface area (Å²) in [4.78, 5) is 20.4. The van der Waals surface area contributed by atoms with Gasteiger partial charge in [0.05, 0.1) is 18.1 Å². The number of benzene rings is 1. The Morgan fingerprint density at radius 2 is 2.05 bits per heavy atom. The lowest BCUT2D eigenvalue weighted by atomic mass is 10.3. The number of hydrogen-bond acceptors (Lipinski definition) is 4. The van der Waals surface area contributed by atoms with E-state index in [1.165, 1.54) is 6.20 Å². The molecule has 1 amide bonds. The van der Waals surface area contributed by atoms with Crippen LogP contribution in [0.4, 0.5) is 11.5 Å². The Hall–Kier alpha value is -1.95. The van der Waals surface area contributed by atoms with Gasteiger partial charge in [0, 0.05) is 11.0 Å². The Kier molecular flexibility index (Phi) is 5.68. The minimum Gasteiger partial charge on any atom is -0.369 e. The van der Waals surface area contributed by atoms with Crippen LogP contribution in [-0.4, -0.2) is 22.4 Å². The van der Waals surface area contributed by atoms with Crippen molar-refractivity contribution in [2.24, 2.45) is 0 Å². The highest BCUT2D eigenvalue weighted by Gasteiger charge is 2.09. The van der Waals surface area contributed by atoms with Gasteiger partial charge in [0.25, 0.3) is 5.91 Å². The number of carbonyl (C=O) groups is 1. The highest BCUT2D eigenvalue weighted by molar-refractivity contribution is 9.10. The molecule has 0 atom stereocenters. The van der Waals surface area contributed by atoms with Crippen molar-refractivity contribution in [3.63, 3.8) is 0 Å². The Labute approximate surface area is 132 Å². The summed E-state index contributed by atoms with van der Waals surface area (Å²) in [7, 11) is 0. The number of rotatable bonds is 6. The molecule has 2 rings (SSSR count). The minimum absolute atomic E-state index is 0.283. The van der Waals surface area contributed by atoms with Crippen LogP contribution in [0, 0.1) is 0 Å². The van der Waals surface area contributed by atoms with Gasteiger partial charge < -0.3 is 10.6 Å². The number of hydrogen-bond donors (Lipinski definition) is 2. The van der Waals surface area contributed by atoms with E-state index in [2.05, 4.69) is 43.5 Å². The van der Waals surface area contributed by atoms with Crippen LogP contribution in [-0.2, 0) is 0 Å². The van der Waals surface area contributed by atoms with Crippen LogP contribution in [0.3, 0.4) is 0 Å². The number of nitrogens with zero attached hydrogens (tertiary/aromatic N) is 2. The predicted molar refractivity (Wildman–Crippen MR) is 87.5 cm³/mol. The normalized spacial score (nSPS) is 10.2. The summed E-state index contributed by atoms with van der Waals surface area (Å²) in [6.45, 7) is 2.98. The molecule has 0 spiro atoms. The van der Waals surface area contributed by atoms with Crippen molar-refractivity contribution < 1.29 is 4.79 Å². The fourth-order valence-electron chi connectivity index (χ4n) is 1.68. The molecule has 110 valence electrons. The largest absolute Gasteiger partial charge is 0.369 e. The van der Waals surface area contributed by atoms with Crippen molar-refractivity contribution in [3.8, 4) is 0 Å². The molecule has 1 heterocycles. The molecule has 0 saturated heterocycles. The topological polar surface area (TPSA) is 66.9 Å². The highest BCUT2D eigenvalue weighted by atomic mass is 79.9. The molecule has 6 heteroatoms. The van der Waals surface area contributed by atoms with E-state index in [9.17, 15) is 4.79 Å². The second-order valence-corrected chi connectivity index (χ2v) is 5.36. The molecule has 1 aromatic carbocycles. The molecule has 0 radical (unpaired) electrons. The number of halogens is 1. The first-order chi connectivity index (χ1) is 10.2. The number of amides is 1. The van der Waals surface area contributed by atoms with Crippen molar-refractivity contribution in [2.75, 3.05) is 17.2 Å². The van der Waals surface area contributed by atoms with Crippen LogP contribution in [0.15, 0.2) is 41.1 Å². The van der Waals surface area contributed by atoms with Crippen molar-refractivity contribution >= 4 is 33.3 Å². The van der Waals surface area contributed by atoms with Gasteiger partial charge in [0.15, 0.2) is 0 Å². The number of anilines is 2. The Balaban J connectivity index is 1.98. The summed E-state index contributed by atoms with van der Waals surface area (Å²) < 4.78 is 0.823. The lowest BCUT2D eigenvalue weighted by Crippen LogP contribution is -2.15. The van der Waals surface area contributed by atoms with Crippen LogP contribution < -0.4 is 10.6 Å². The van der Waals surface area contributed by atoms with Gasteiger partial charge in [0.2, 0.25) is 0 Å². The van der Waals surface area contributed by atoms with E-state index in [4.69, 9.17) is 0 Å². The summed E-state index contributed by atoms with van der Waals surface area (Å²) in [6.07, 6.45) is 5.24. The second kappa shape index (κ2) is 7.73. The number of carbonyl (C=O) groups excluding carboxylic acids is 1. The van der Waals surface area contributed by atoms with Gasteiger partial charge in [-0.25, -0.2) is 9.97 Å². The molecule has 0 aliphatic rings. The fraction of sp³-hybridized carbons (Fsp3) is 0.267. The maximum Gasteiger partial charge on any atom is 0.275 e. The van der Waals surface area contributed by atoms with E-state index in [0.717, 1.165) is 23.9 Å². The Bertz CT molecular complexity index is 601. The van der Waals surface area contributed by atoms with E-state index >= 15 is 0 Å². The maximum absolute atomic E-state index is 12.1. The fourth-order valence-corrected chi connectivity index (χ4v) is 2.06. The molecule has 5 nitrogen and oxygen atoms in total. The van der Waals surface area contributed by atoms with Crippen LogP contribution in [0.1, 0.15) is 30.3 Å². The van der Waals surface area contributed by atoms with Crippen molar-refractivity contribution in [1.29, 1.82) is 0 Å². The standard InChI is InChI=1S/C15H17BrN4O/c1-2-3-8-17-14-10-18-13(9-19-14)15(21)20-12-7-5-4-6-11(12)16/h4-7,9-10H,2-3,8H2,1H3,(H,17,19)(H,20,21). The van der Waals surface area contributed by atoms with Gasteiger partial charge in [-0.1, -0.05) is 25.5 Å². The Morgan fingerprint density at radius 1 is 1.24 bits per heavy atom. The molecule has 2 aromatic rings. The molecule has 1 aromatic heterocycles. The maximum atomic E-state index is 12.1. The van der Waals surface area contributed by atoms with Crippen molar-refractivity contribution in [2.45, 2.75) is 19.8 Å². The average molecular weight is 349 g/mol. The molecule has 0 unspecified atom stereocenters. The van der Waals surface area contributed by atoms with Crippen LogP contribution in [0.25, 0.3) is 0 Å². The molecule has 0 fully saturated rings. The number of nitrogens with one attached hydrogen (secondary N) is 2. The zero-order chi connectivity index (χ0) is 15.1. The van der Waals surface area contributed by atoms with Crippen LogP contribution in [0.2, 0.25) is 0 Å². The first-order valence-electron chi connectivity index (χ1n) is 6.82. The molecular weight excluding hydrogens is 332 g/mol. The van der Waals surface area contributed by atoms with E-state index < -0.39 is 0 Å². The third-order valence-electron chi connectivity index (χ3n) is 2.84. The number of aromatic nitrogens is 2. The van der Waals surface area contributed by atoms with Gasteiger partial charge in [-0.05, 0) is 34.5 Å². The monoisotopic (exact) mass is 348 g/mol. The van der Waals surface area contributed by atoms with E-state index in [1.807, 2.05) is 24.3 Å². The quantitative estimate of drug-likeness (QED) is 0.781. The van der Waals surface area contributed by atoms with E-state index in [0.29, 0.717) is 11.5 Å². The molecule has 0 bridgehead atoms. The van der Waals surface area contributed by atoms with Gasteiger partial charge in [-0.15, -0.1) is 0 Å². The van der Waals surface area contributed by atoms with Crippen LogP contribution in [0.5, 0.6) is 0 Å². The van der Waals surface area contributed by atoms with Gasteiger partial charge in [0.1, 0.15) is 11.5 Å². The molecule has 0 aliphatic carbocycles. The SMILES string of the molecule is CCCCNc1cnc(C(=O)Nc2ccccc2Br)cn1. The third kappa shape index (κ3) is 4.53. The van der Waals surface area contributed by atoms with E-state index in [1.54, 1.807) is 6.20 Å². The summed E-state index contributed by atoms with van der Waals surface area (Å²) in [5.41, 5.74) is 0.987. The molecule has 0 aliphatic heterocycles. The lowest BCUT2D eigenvalue weighted by Gasteiger charge is -2.07. The molecule has 2 N–H and O–H groups in total. The van der Waals surface area contributed by atoms with Gasteiger partial charge >= 0.3 is 0 Å². The summed E-state index contributed by atoms with van der Waals surface area (Å²) in [6, 6.07) is 7.42. The predicted octanol–water partition coefficient (Wildman–Crippen LogP) is 3.70. The van der Waals surface area contributed by atoms with Crippen molar-refractivity contribution in [1.82, 2.24) is 9.97 Å². The highest BCUT2D eigenvalue weighted by Crippen LogP contribution is 2.21. The number of para-hydroxylation sites is 1. The van der Waals surface area contributed by atoms with Crippen molar-refractivity contribution in [3.05, 3.63) is 46.8 Å². The first kappa shape index (κ1) is 15.4. The van der Waals surface area contributed by atoms with E-state index in [-0.39, 0.29) is 11.6 Å². The summed E-state index contributed by atoms with van der Waals surface area (Å²) in [5.74, 6) is 0.399. The molecular formula is C15H17BrN4O. The summed E-state index contributed by atoms with van der Waals surface area (Å²) >= 11 is 3.38. The zero-order valence-corrected chi connectivity index (χ0v) is 13.4. The third-order valence-corrected chi connectivity index (χ3v) is 3.53. The summed E-state index contributed by atoms with van der Waals surface area (Å²) in [5, 5.41) is 5.95. The number of unbranched alkanes of at least 4 members (excludes halogenated alkanes) is 1. The average Bonchev–Trinajstić information content (AvgIpc) is 2.50. The zero-order valence-electron chi connectivity index (χ0n) is 11.8. The molecule has 0 saturated carbocycles.